The van der Waals surface area contributed by atoms with E-state index in [1.165, 1.54) is 117 Å². The van der Waals surface area contributed by atoms with Gasteiger partial charge in [0.1, 0.15) is 0 Å². The summed E-state index contributed by atoms with van der Waals surface area (Å²) in [5, 5.41) is 3.49. The van der Waals surface area contributed by atoms with Crippen LogP contribution in [0.3, 0.4) is 0 Å². The van der Waals surface area contributed by atoms with Crippen LogP contribution in [-0.2, 0) is 0 Å². The van der Waals surface area contributed by atoms with Gasteiger partial charge in [-0.05, 0) is 270 Å². The van der Waals surface area contributed by atoms with Crippen LogP contribution >= 0.6 is 31.9 Å². The number of nitrogens with zero attached hydrogens (tertiary/aromatic N) is 2. The second kappa shape index (κ2) is 36.2. The molecular weight excluding hydrogens is 1490 g/mol. The second-order valence-electron chi connectivity index (χ2n) is 29.6. The van der Waals surface area contributed by atoms with E-state index < -0.39 is 0 Å². The molecule has 0 saturated carbocycles. The summed E-state index contributed by atoms with van der Waals surface area (Å²) in [4.78, 5) is 4.72. The highest BCUT2D eigenvalue weighted by molar-refractivity contribution is 9.10. The first-order valence-electron chi connectivity index (χ1n) is 38.8. The van der Waals surface area contributed by atoms with Crippen LogP contribution in [-0.4, -0.2) is 0 Å². The van der Waals surface area contributed by atoms with Crippen molar-refractivity contribution < 1.29 is 0 Å². The van der Waals surface area contributed by atoms with Gasteiger partial charge in [0.25, 0.3) is 0 Å². The van der Waals surface area contributed by atoms with Crippen LogP contribution in [0.25, 0.3) is 89.0 Å². The molecule has 0 aromatic heterocycles. The molecule has 5 heteroatoms. The van der Waals surface area contributed by atoms with E-state index >= 15 is 0 Å². The van der Waals surface area contributed by atoms with Crippen LogP contribution < -0.4 is 15.1 Å². The van der Waals surface area contributed by atoms with Gasteiger partial charge in [0.2, 0.25) is 0 Å². The van der Waals surface area contributed by atoms with Gasteiger partial charge in [0, 0.05) is 54.4 Å². The van der Waals surface area contributed by atoms with Crippen molar-refractivity contribution in [3.05, 3.63) is 431 Å². The molecule has 0 heterocycles. The molecule has 16 aromatic rings. The van der Waals surface area contributed by atoms with Crippen molar-refractivity contribution in [2.24, 2.45) is 0 Å². The first kappa shape index (κ1) is 76.6. The highest BCUT2D eigenvalue weighted by Gasteiger charge is 2.19. The molecule has 1 N–H and O–H groups in total. The molecule has 0 aliphatic carbocycles. The van der Waals surface area contributed by atoms with Crippen molar-refractivity contribution >= 4 is 77.4 Å². The smallest absolute Gasteiger partial charge is 0.0464 e. The SMILES string of the molecule is CC(C)c1ccc(-c2ccc(Nc3ccc(-c4ccccc4)cc3)cc2)cc1.Cc1cc(Br)ccc1-c1ccc(Br)cc1.Cc1cc(N(c2ccc(-c3ccccc3)cc2)c2ccc(-c3ccc(C(C)C)cc3)cc2)ccc1-c1ccc(N(c2ccc(-c3ccccc3)cc2)c2ccc(-c3ccc(C(C)C)cc3)cc2)cc1. The second-order valence-corrected chi connectivity index (χ2v) is 31.4. The molecule has 16 rings (SSSR count). The van der Waals surface area contributed by atoms with Crippen LogP contribution in [0.4, 0.5) is 45.5 Å². The maximum absolute atomic E-state index is 3.49. The Morgan fingerprint density at radius 3 is 0.696 bits per heavy atom. The van der Waals surface area contributed by atoms with Gasteiger partial charge in [-0.2, -0.15) is 0 Å². The summed E-state index contributed by atoms with van der Waals surface area (Å²) in [5.74, 6) is 1.57. The topological polar surface area (TPSA) is 18.5 Å². The summed E-state index contributed by atoms with van der Waals surface area (Å²) in [6.07, 6.45) is 0. The maximum Gasteiger partial charge on any atom is 0.0464 e. The summed E-state index contributed by atoms with van der Waals surface area (Å²) in [6.45, 7) is 17.8. The zero-order valence-corrected chi connectivity index (χ0v) is 68.1. The number of nitrogens with one attached hydrogen (secondary N) is 1. The van der Waals surface area contributed by atoms with Crippen LogP contribution in [0.1, 0.15) is 87.1 Å². The lowest BCUT2D eigenvalue weighted by atomic mass is 9.97. The third-order valence-corrected chi connectivity index (χ3v) is 21.9. The van der Waals surface area contributed by atoms with Crippen molar-refractivity contribution in [2.75, 3.05) is 15.1 Å². The van der Waals surface area contributed by atoms with Crippen molar-refractivity contribution in [3.63, 3.8) is 0 Å². The fraction of sp³-hybridized carbons (Fsp3) is 0.103. The Bertz CT molecular complexity index is 5670. The molecule has 550 valence electrons. The van der Waals surface area contributed by atoms with Crippen LogP contribution in [0.15, 0.2) is 403 Å². The first-order valence-corrected chi connectivity index (χ1v) is 40.4. The highest BCUT2D eigenvalue weighted by Crippen LogP contribution is 2.43. The van der Waals surface area contributed by atoms with Gasteiger partial charge in [-0.1, -0.05) is 346 Å². The zero-order chi connectivity index (χ0) is 77.5. The van der Waals surface area contributed by atoms with Gasteiger partial charge in [-0.25, -0.2) is 0 Å². The van der Waals surface area contributed by atoms with Crippen molar-refractivity contribution in [2.45, 2.75) is 73.1 Å². The predicted octanol–water partition coefficient (Wildman–Crippen LogP) is 32.6. The Hall–Kier alpha value is -12.1. The molecular formula is C107H93Br2N3. The molecule has 0 fully saturated rings. The normalized spacial score (nSPS) is 11.0. The lowest BCUT2D eigenvalue weighted by Gasteiger charge is -2.27. The van der Waals surface area contributed by atoms with Gasteiger partial charge < -0.3 is 15.1 Å². The van der Waals surface area contributed by atoms with Crippen molar-refractivity contribution in [1.82, 2.24) is 0 Å². The Kier molecular flexibility index (Phi) is 24.7. The van der Waals surface area contributed by atoms with E-state index in [4.69, 9.17) is 0 Å². The van der Waals surface area contributed by atoms with E-state index in [0.29, 0.717) is 17.8 Å². The summed E-state index contributed by atoms with van der Waals surface area (Å²) in [7, 11) is 0. The third kappa shape index (κ3) is 19.0. The molecule has 3 nitrogen and oxygen atoms in total. The number of hydrogen-bond acceptors (Lipinski definition) is 3. The average molecular weight is 1580 g/mol. The minimum absolute atomic E-state index is 0.505. The predicted molar refractivity (Wildman–Crippen MR) is 489 cm³/mol. The van der Waals surface area contributed by atoms with E-state index in [-0.39, 0.29) is 0 Å². The third-order valence-electron chi connectivity index (χ3n) is 20.9. The van der Waals surface area contributed by atoms with Gasteiger partial charge >= 0.3 is 0 Å². The molecule has 112 heavy (non-hydrogen) atoms. The van der Waals surface area contributed by atoms with Crippen molar-refractivity contribution in [3.8, 4) is 89.0 Å². The van der Waals surface area contributed by atoms with Gasteiger partial charge in [-0.15, -0.1) is 0 Å². The number of anilines is 8. The summed E-state index contributed by atoms with van der Waals surface area (Å²) >= 11 is 6.91. The van der Waals surface area contributed by atoms with Gasteiger partial charge in [-0.3, -0.25) is 0 Å². The molecule has 0 unspecified atom stereocenters. The molecule has 0 spiro atoms. The highest BCUT2D eigenvalue weighted by atomic mass is 79.9. The van der Waals surface area contributed by atoms with E-state index in [1.807, 2.05) is 6.07 Å². The number of hydrogen-bond donors (Lipinski definition) is 1. The molecule has 0 atom stereocenters. The molecule has 0 amide bonds. The first-order chi connectivity index (χ1) is 54.6. The van der Waals surface area contributed by atoms with Crippen molar-refractivity contribution in [1.29, 1.82) is 0 Å². The average Bonchev–Trinajstić information content (AvgIpc) is 0.783. The lowest BCUT2D eigenvalue weighted by Crippen LogP contribution is -2.10. The monoisotopic (exact) mass is 1580 g/mol. The number of aryl methyl sites for hydroxylation is 2. The van der Waals surface area contributed by atoms with Gasteiger partial charge in [0.05, 0.1) is 0 Å². The Morgan fingerprint density at radius 1 is 0.205 bits per heavy atom. The van der Waals surface area contributed by atoms with E-state index in [1.54, 1.807) is 0 Å². The standard InChI is InChI=1S/C67H58N2.C27H25N.C13H10Br2/c1-47(2)50-16-20-54(21-17-50)58-28-36-62(37-29-58)68(61-34-24-56(25-35-61)52-12-8-6-9-13-52)63-42-32-60(33-43-63)67-45-44-66(46-49(67)5)69(64-38-26-57(27-39-64)53-14-10-7-11-15-53)65-40-30-59(31-41-65)55-22-18-51(19-23-55)48(3)4;1-20(2)21-8-10-23(11-9-21)25-14-18-27(19-15-25)28-26-16-12-24(13-17-26)22-6-4-3-5-7-22;1-9-8-12(15)6-7-13(9)10-2-4-11(14)5-3-10/h6-48H,1-5H3;3-20,28H,1-2H3;2-8H,1H3. The fourth-order valence-electron chi connectivity index (χ4n) is 14.3. The molecule has 16 aromatic carbocycles. The Balaban J connectivity index is 0.000000196. The van der Waals surface area contributed by atoms with E-state index in [9.17, 15) is 0 Å². The number of rotatable bonds is 19. The Labute approximate surface area is 680 Å². The van der Waals surface area contributed by atoms with Crippen LogP contribution in [0.5, 0.6) is 0 Å². The molecule has 0 radical (unpaired) electrons. The Morgan fingerprint density at radius 2 is 0.420 bits per heavy atom. The largest absolute Gasteiger partial charge is 0.356 e. The lowest BCUT2D eigenvalue weighted by molar-refractivity contribution is 0.867. The zero-order valence-electron chi connectivity index (χ0n) is 64.9. The number of benzene rings is 16. The summed E-state index contributed by atoms with van der Waals surface area (Å²) in [6, 6.07) is 142. The molecule has 0 aliphatic heterocycles. The van der Waals surface area contributed by atoms with E-state index in [0.717, 1.165) is 54.4 Å². The molecule has 0 saturated heterocycles. The van der Waals surface area contributed by atoms with E-state index in [2.05, 4.69) is 491 Å². The fourth-order valence-corrected chi connectivity index (χ4v) is 15.1. The quantitative estimate of drug-likeness (QED) is 0.0870. The summed E-state index contributed by atoms with van der Waals surface area (Å²) < 4.78 is 2.24. The summed E-state index contributed by atoms with van der Waals surface area (Å²) in [5.41, 5.74) is 34.9. The number of halogens is 2. The molecule has 0 bridgehead atoms. The van der Waals surface area contributed by atoms with Crippen LogP contribution in [0, 0.1) is 13.8 Å². The maximum atomic E-state index is 3.49. The minimum atomic E-state index is 0.505. The van der Waals surface area contributed by atoms with Crippen LogP contribution in [0.2, 0.25) is 0 Å². The molecule has 0 aliphatic rings. The van der Waals surface area contributed by atoms with Gasteiger partial charge in [0.15, 0.2) is 0 Å². The minimum Gasteiger partial charge on any atom is -0.356 e.